The molecule has 1 aliphatic rings. The number of anilines is 1. The highest BCUT2D eigenvalue weighted by molar-refractivity contribution is 7.22. The molecule has 2 N–H and O–H groups in total. The highest BCUT2D eigenvalue weighted by Crippen LogP contribution is 2.24. The number of para-hydroxylation sites is 1. The van der Waals surface area contributed by atoms with Crippen LogP contribution in [0.3, 0.4) is 0 Å². The average molecular weight is 394 g/mol. The second-order valence-corrected chi connectivity index (χ2v) is 7.85. The Morgan fingerprint density at radius 1 is 1.07 bits per heavy atom. The minimum Gasteiger partial charge on any atom is -0.352 e. The molecule has 0 bridgehead atoms. The van der Waals surface area contributed by atoms with Crippen molar-refractivity contribution in [1.29, 1.82) is 0 Å². The van der Waals surface area contributed by atoms with Crippen LogP contribution in [0, 0.1) is 0 Å². The molecule has 1 saturated heterocycles. The van der Waals surface area contributed by atoms with E-state index in [1.54, 1.807) is 11.3 Å². The molecule has 0 unspecified atom stereocenters. The first-order valence-electron chi connectivity index (χ1n) is 9.46. The van der Waals surface area contributed by atoms with E-state index >= 15 is 0 Å². The average Bonchev–Trinajstić information content (AvgIpc) is 3.15. The summed E-state index contributed by atoms with van der Waals surface area (Å²) in [6.07, 6.45) is 1.77. The van der Waals surface area contributed by atoms with Gasteiger partial charge >= 0.3 is 0 Å². The monoisotopic (exact) mass is 393 g/mol. The van der Waals surface area contributed by atoms with Gasteiger partial charge in [-0.1, -0.05) is 53.8 Å². The fraction of sp³-hybridized carbons (Fsp3) is 0.286. The number of nitrogens with zero attached hydrogens (tertiary/aromatic N) is 3. The molecule has 2 heterocycles. The number of nitrogens with one attached hydrogen (secondary N) is 2. The number of piperidine rings is 1. The van der Waals surface area contributed by atoms with Crippen molar-refractivity contribution < 1.29 is 4.79 Å². The Bertz CT molecular complexity index is 926. The topological polar surface area (TPSA) is 69.6 Å². The lowest BCUT2D eigenvalue weighted by atomic mass is 10.1. The minimum absolute atomic E-state index is 0.154. The van der Waals surface area contributed by atoms with Gasteiger partial charge in [0.2, 0.25) is 0 Å². The van der Waals surface area contributed by atoms with Gasteiger partial charge in [0, 0.05) is 38.2 Å². The molecule has 4 rings (SSSR count). The Morgan fingerprint density at radius 2 is 1.82 bits per heavy atom. The fourth-order valence-corrected chi connectivity index (χ4v) is 4.07. The second kappa shape index (κ2) is 8.95. The molecule has 0 spiro atoms. The highest BCUT2D eigenvalue weighted by atomic mass is 32.1. The fourth-order valence-electron chi connectivity index (χ4n) is 3.21. The summed E-state index contributed by atoms with van der Waals surface area (Å²) < 4.78 is 1.10. The number of hydrazone groups is 1. The maximum Gasteiger partial charge on any atom is 0.259 e. The zero-order chi connectivity index (χ0) is 19.2. The predicted octanol–water partition coefficient (Wildman–Crippen LogP) is 3.48. The number of likely N-dealkylation sites (tertiary alicyclic amines) is 1. The Hall–Kier alpha value is -2.77. The molecule has 0 atom stereocenters. The van der Waals surface area contributed by atoms with Crippen LogP contribution in [0.4, 0.5) is 5.13 Å². The first kappa shape index (κ1) is 18.6. The summed E-state index contributed by atoms with van der Waals surface area (Å²) in [5.74, 6) is -0.154. The smallest absolute Gasteiger partial charge is 0.259 e. The lowest BCUT2D eigenvalue weighted by Gasteiger charge is -2.27. The summed E-state index contributed by atoms with van der Waals surface area (Å²) in [6, 6.07) is 18.4. The normalized spacial score (nSPS) is 14.8. The molecule has 144 valence electrons. The Morgan fingerprint density at radius 3 is 2.61 bits per heavy atom. The van der Waals surface area contributed by atoms with Gasteiger partial charge in [-0.3, -0.25) is 9.69 Å². The van der Waals surface area contributed by atoms with Gasteiger partial charge in [0.05, 0.1) is 16.8 Å². The molecule has 1 amide bonds. The number of hydrogen-bond donors (Lipinski definition) is 2. The van der Waals surface area contributed by atoms with E-state index in [1.165, 1.54) is 5.56 Å². The van der Waals surface area contributed by atoms with E-state index in [2.05, 4.69) is 50.0 Å². The number of benzene rings is 2. The van der Waals surface area contributed by atoms with Crippen LogP contribution in [0.25, 0.3) is 10.2 Å². The molecule has 3 aromatic rings. The number of carbonyl (C=O) groups excluding carboxylic acids is 1. The number of hydrogen-bond acceptors (Lipinski definition) is 6. The van der Waals surface area contributed by atoms with Crippen molar-refractivity contribution in [3.05, 3.63) is 60.2 Å². The van der Waals surface area contributed by atoms with Gasteiger partial charge in [-0.2, -0.15) is 5.10 Å². The highest BCUT2D eigenvalue weighted by Gasteiger charge is 2.15. The van der Waals surface area contributed by atoms with Gasteiger partial charge in [-0.25, -0.2) is 10.4 Å². The van der Waals surface area contributed by atoms with Crippen molar-refractivity contribution in [3.63, 3.8) is 0 Å². The number of carbonyl (C=O) groups is 1. The van der Waals surface area contributed by atoms with E-state index < -0.39 is 0 Å². The number of aromatic nitrogens is 1. The van der Waals surface area contributed by atoms with Crippen LogP contribution in [0.1, 0.15) is 18.4 Å². The minimum atomic E-state index is -0.154. The van der Waals surface area contributed by atoms with Crippen molar-refractivity contribution in [2.75, 3.05) is 25.0 Å². The van der Waals surface area contributed by atoms with Crippen LogP contribution in [-0.2, 0) is 11.3 Å². The molecular formula is C21H23N5OS. The van der Waals surface area contributed by atoms with Crippen LogP contribution in [0.5, 0.6) is 0 Å². The lowest BCUT2D eigenvalue weighted by molar-refractivity contribution is -0.119. The number of rotatable bonds is 6. The summed E-state index contributed by atoms with van der Waals surface area (Å²) in [4.78, 5) is 19.0. The predicted molar refractivity (Wildman–Crippen MR) is 115 cm³/mol. The molecule has 6 nitrogen and oxygen atoms in total. The standard InChI is InChI=1S/C21H23N5OS/c27-20(14-22-21-23-18-8-4-5-9-19(18)28-21)25-24-17-10-12-26(13-11-17)15-16-6-2-1-3-7-16/h1-9H,10-15H2,(H,22,23)(H,25,27). The number of amides is 1. The van der Waals surface area contributed by atoms with Gasteiger partial charge in [0.25, 0.3) is 5.91 Å². The van der Waals surface area contributed by atoms with E-state index in [-0.39, 0.29) is 12.5 Å². The Balaban J connectivity index is 1.20. The third kappa shape index (κ3) is 4.94. The van der Waals surface area contributed by atoms with Crippen molar-refractivity contribution >= 4 is 38.3 Å². The zero-order valence-corrected chi connectivity index (χ0v) is 16.4. The quantitative estimate of drug-likeness (QED) is 0.629. The molecule has 0 aliphatic carbocycles. The summed E-state index contributed by atoms with van der Waals surface area (Å²) >= 11 is 1.54. The van der Waals surface area contributed by atoms with Crippen molar-refractivity contribution in [3.8, 4) is 0 Å². The summed E-state index contributed by atoms with van der Waals surface area (Å²) in [5, 5.41) is 8.14. The van der Waals surface area contributed by atoms with Gasteiger partial charge in [-0.15, -0.1) is 0 Å². The van der Waals surface area contributed by atoms with Crippen LogP contribution in [0.15, 0.2) is 59.7 Å². The molecule has 1 aromatic heterocycles. The van der Waals surface area contributed by atoms with E-state index in [0.717, 1.165) is 53.5 Å². The van der Waals surface area contributed by atoms with E-state index in [1.807, 2.05) is 30.3 Å². The van der Waals surface area contributed by atoms with Gasteiger partial charge in [0.1, 0.15) is 0 Å². The Labute approximate surface area is 168 Å². The van der Waals surface area contributed by atoms with E-state index in [4.69, 9.17) is 0 Å². The third-order valence-corrected chi connectivity index (χ3v) is 5.71. The number of thiazole rings is 1. The summed E-state index contributed by atoms with van der Waals surface area (Å²) in [5.41, 5.74) is 5.99. The van der Waals surface area contributed by atoms with Crippen molar-refractivity contribution in [1.82, 2.24) is 15.3 Å². The van der Waals surface area contributed by atoms with E-state index in [0.29, 0.717) is 0 Å². The van der Waals surface area contributed by atoms with Crippen LogP contribution in [0.2, 0.25) is 0 Å². The van der Waals surface area contributed by atoms with Gasteiger partial charge in [-0.05, 0) is 17.7 Å². The first-order valence-corrected chi connectivity index (χ1v) is 10.3. The van der Waals surface area contributed by atoms with Crippen LogP contribution < -0.4 is 10.7 Å². The lowest BCUT2D eigenvalue weighted by Crippen LogP contribution is -2.35. The maximum atomic E-state index is 12.1. The molecule has 7 heteroatoms. The largest absolute Gasteiger partial charge is 0.352 e. The molecular weight excluding hydrogens is 370 g/mol. The van der Waals surface area contributed by atoms with E-state index in [9.17, 15) is 4.79 Å². The number of fused-ring (bicyclic) bond motifs is 1. The zero-order valence-electron chi connectivity index (χ0n) is 15.6. The summed E-state index contributed by atoms with van der Waals surface area (Å²) in [6.45, 7) is 3.06. The molecule has 1 aliphatic heterocycles. The van der Waals surface area contributed by atoms with Gasteiger partial charge < -0.3 is 5.32 Å². The molecule has 28 heavy (non-hydrogen) atoms. The third-order valence-electron chi connectivity index (χ3n) is 4.72. The van der Waals surface area contributed by atoms with Crippen molar-refractivity contribution in [2.45, 2.75) is 19.4 Å². The van der Waals surface area contributed by atoms with Crippen LogP contribution >= 0.6 is 11.3 Å². The SMILES string of the molecule is O=C(CNc1nc2ccccc2s1)NN=C1CCN(Cc2ccccc2)CC1. The maximum absolute atomic E-state index is 12.1. The van der Waals surface area contributed by atoms with Gasteiger partial charge in [0.15, 0.2) is 5.13 Å². The second-order valence-electron chi connectivity index (χ2n) is 6.82. The molecule has 2 aromatic carbocycles. The molecule has 0 saturated carbocycles. The molecule has 0 radical (unpaired) electrons. The summed E-state index contributed by atoms with van der Waals surface area (Å²) in [7, 11) is 0. The van der Waals surface area contributed by atoms with Crippen LogP contribution in [-0.4, -0.2) is 41.1 Å². The molecule has 1 fully saturated rings. The first-order chi connectivity index (χ1) is 13.8. The Kier molecular flexibility index (Phi) is 5.94. The van der Waals surface area contributed by atoms with Crippen molar-refractivity contribution in [2.24, 2.45) is 5.10 Å².